The Hall–Kier alpha value is -2.81. The Kier molecular flexibility index (Phi) is 5.36. The van der Waals surface area contributed by atoms with Gasteiger partial charge in [0.05, 0.1) is 0 Å². The lowest BCUT2D eigenvalue weighted by molar-refractivity contribution is -0.120. The Balaban J connectivity index is 2.12. The number of imide groups is 1. The fourth-order valence-corrected chi connectivity index (χ4v) is 2.30. The van der Waals surface area contributed by atoms with Crippen LogP contribution < -0.4 is 15.5 Å². The van der Waals surface area contributed by atoms with Crippen molar-refractivity contribution in [2.24, 2.45) is 0 Å². The predicted octanol–water partition coefficient (Wildman–Crippen LogP) is 1.32. The van der Waals surface area contributed by atoms with Crippen molar-refractivity contribution in [3.05, 3.63) is 29.3 Å². The third kappa shape index (κ3) is 4.33. The van der Waals surface area contributed by atoms with E-state index in [4.69, 9.17) is 0 Å². The Morgan fingerprint density at radius 1 is 1.39 bits per heavy atom. The average Bonchev–Trinajstić information content (AvgIpc) is 2.49. The quantitative estimate of drug-likeness (QED) is 0.652. The van der Waals surface area contributed by atoms with E-state index in [9.17, 15) is 14.4 Å². The Labute approximate surface area is 135 Å². The van der Waals surface area contributed by atoms with Crippen LogP contribution in [0.5, 0.6) is 0 Å². The van der Waals surface area contributed by atoms with Crippen LogP contribution in [-0.2, 0) is 9.59 Å². The van der Waals surface area contributed by atoms with E-state index < -0.39 is 6.03 Å². The van der Waals surface area contributed by atoms with E-state index in [2.05, 4.69) is 22.5 Å². The molecule has 2 rings (SSSR count). The molecule has 23 heavy (non-hydrogen) atoms. The van der Waals surface area contributed by atoms with Crippen molar-refractivity contribution in [1.82, 2.24) is 10.6 Å². The number of amides is 4. The maximum Gasteiger partial charge on any atom is 0.328 e. The zero-order valence-electron chi connectivity index (χ0n) is 13.2. The summed E-state index contributed by atoms with van der Waals surface area (Å²) in [5.74, 6) is 5.75. The van der Waals surface area contributed by atoms with Gasteiger partial charge in [0.15, 0.2) is 0 Å². The molecule has 0 atom stereocenters. The number of benzene rings is 1. The highest BCUT2D eigenvalue weighted by Gasteiger charge is 2.25. The van der Waals surface area contributed by atoms with Crippen molar-refractivity contribution in [3.8, 4) is 11.8 Å². The smallest absolute Gasteiger partial charge is 0.328 e. The molecule has 4 amide bonds. The Morgan fingerprint density at radius 2 is 2.17 bits per heavy atom. The lowest BCUT2D eigenvalue weighted by Crippen LogP contribution is -2.49. The van der Waals surface area contributed by atoms with Gasteiger partial charge >= 0.3 is 6.03 Å². The molecule has 0 saturated carbocycles. The van der Waals surface area contributed by atoms with Gasteiger partial charge in [0.1, 0.15) is 0 Å². The van der Waals surface area contributed by atoms with Gasteiger partial charge in [-0.05, 0) is 24.6 Å². The van der Waals surface area contributed by atoms with Crippen LogP contribution in [0.3, 0.4) is 0 Å². The summed E-state index contributed by atoms with van der Waals surface area (Å²) in [5, 5.41) is 5.00. The molecule has 0 aromatic heterocycles. The van der Waals surface area contributed by atoms with Crippen molar-refractivity contribution < 1.29 is 14.4 Å². The first-order valence-electron chi connectivity index (χ1n) is 7.43. The first-order valence-corrected chi connectivity index (χ1v) is 7.43. The highest BCUT2D eigenvalue weighted by Crippen LogP contribution is 2.24. The van der Waals surface area contributed by atoms with E-state index in [1.807, 2.05) is 25.1 Å². The molecule has 1 saturated heterocycles. The predicted molar refractivity (Wildman–Crippen MR) is 86.9 cm³/mol. The molecule has 0 spiro atoms. The Morgan fingerprint density at radius 3 is 2.87 bits per heavy atom. The molecule has 1 fully saturated rings. The fraction of sp³-hybridized carbons (Fsp3) is 0.353. The lowest BCUT2D eigenvalue weighted by Gasteiger charge is -2.28. The van der Waals surface area contributed by atoms with E-state index in [1.54, 1.807) is 4.90 Å². The molecule has 1 aliphatic rings. The van der Waals surface area contributed by atoms with E-state index in [-0.39, 0.29) is 18.2 Å². The van der Waals surface area contributed by atoms with Gasteiger partial charge in [-0.2, -0.15) is 0 Å². The molecular formula is C17H19N3O3. The monoisotopic (exact) mass is 313 g/mol. The van der Waals surface area contributed by atoms with E-state index in [1.165, 1.54) is 6.92 Å². The third-order valence-electron chi connectivity index (χ3n) is 3.50. The SMILES string of the molecule is CC(=O)NCCC#Cc1cccc(N2CCC(=O)NC2=O)c1C. The summed E-state index contributed by atoms with van der Waals surface area (Å²) in [6.45, 7) is 4.25. The fourth-order valence-electron chi connectivity index (χ4n) is 2.30. The molecule has 0 aliphatic carbocycles. The van der Waals surface area contributed by atoms with Gasteiger partial charge < -0.3 is 5.32 Å². The number of anilines is 1. The van der Waals surface area contributed by atoms with Crippen LogP contribution in [0.4, 0.5) is 10.5 Å². The minimum Gasteiger partial charge on any atom is -0.355 e. The van der Waals surface area contributed by atoms with Gasteiger partial charge in [0.25, 0.3) is 0 Å². The van der Waals surface area contributed by atoms with Crippen LogP contribution in [0.15, 0.2) is 18.2 Å². The van der Waals surface area contributed by atoms with Crippen LogP contribution >= 0.6 is 0 Å². The van der Waals surface area contributed by atoms with Crippen LogP contribution in [0, 0.1) is 18.8 Å². The number of nitrogens with zero attached hydrogens (tertiary/aromatic N) is 1. The van der Waals surface area contributed by atoms with Crippen LogP contribution in [0.1, 0.15) is 30.9 Å². The summed E-state index contributed by atoms with van der Waals surface area (Å²) in [4.78, 5) is 35.5. The molecule has 6 heteroatoms. The summed E-state index contributed by atoms with van der Waals surface area (Å²) in [7, 11) is 0. The zero-order valence-corrected chi connectivity index (χ0v) is 13.2. The first-order chi connectivity index (χ1) is 11.0. The van der Waals surface area contributed by atoms with Gasteiger partial charge in [-0.15, -0.1) is 0 Å². The van der Waals surface area contributed by atoms with Gasteiger partial charge in [-0.3, -0.25) is 19.8 Å². The molecule has 1 aliphatic heterocycles. The second-order valence-electron chi connectivity index (χ2n) is 5.24. The normalized spacial score (nSPS) is 13.9. The number of carbonyl (C=O) groups excluding carboxylic acids is 3. The van der Waals surface area contributed by atoms with Crippen molar-refractivity contribution in [2.45, 2.75) is 26.7 Å². The highest BCUT2D eigenvalue weighted by atomic mass is 16.2. The summed E-state index contributed by atoms with van der Waals surface area (Å²) < 4.78 is 0. The zero-order chi connectivity index (χ0) is 16.8. The molecule has 1 aromatic carbocycles. The van der Waals surface area contributed by atoms with E-state index in [0.717, 1.165) is 16.8 Å². The minimum atomic E-state index is -0.403. The van der Waals surface area contributed by atoms with Crippen molar-refractivity contribution in [3.63, 3.8) is 0 Å². The van der Waals surface area contributed by atoms with Crippen LogP contribution in [0.2, 0.25) is 0 Å². The molecule has 1 heterocycles. The van der Waals surface area contributed by atoms with Crippen LogP contribution in [0.25, 0.3) is 0 Å². The molecule has 0 unspecified atom stereocenters. The van der Waals surface area contributed by atoms with Gasteiger partial charge in [-0.25, -0.2) is 4.79 Å². The van der Waals surface area contributed by atoms with Crippen molar-refractivity contribution >= 4 is 23.5 Å². The number of hydrogen-bond donors (Lipinski definition) is 2. The van der Waals surface area contributed by atoms with E-state index in [0.29, 0.717) is 19.5 Å². The van der Waals surface area contributed by atoms with Crippen LogP contribution in [-0.4, -0.2) is 30.9 Å². The molecule has 120 valence electrons. The number of urea groups is 1. The molecule has 2 N–H and O–H groups in total. The molecular weight excluding hydrogens is 294 g/mol. The maximum atomic E-state index is 11.9. The maximum absolute atomic E-state index is 11.9. The van der Waals surface area contributed by atoms with Crippen molar-refractivity contribution in [1.29, 1.82) is 0 Å². The second kappa shape index (κ2) is 7.45. The number of nitrogens with one attached hydrogen (secondary N) is 2. The van der Waals surface area contributed by atoms with Gasteiger partial charge in [0.2, 0.25) is 11.8 Å². The third-order valence-corrected chi connectivity index (χ3v) is 3.50. The minimum absolute atomic E-state index is 0.0735. The second-order valence-corrected chi connectivity index (χ2v) is 5.24. The molecule has 6 nitrogen and oxygen atoms in total. The Bertz CT molecular complexity index is 701. The number of hydrogen-bond acceptors (Lipinski definition) is 3. The molecule has 1 aromatic rings. The van der Waals surface area contributed by atoms with Gasteiger partial charge in [0, 0.05) is 44.1 Å². The largest absolute Gasteiger partial charge is 0.355 e. The number of rotatable bonds is 3. The highest BCUT2D eigenvalue weighted by molar-refractivity contribution is 6.06. The summed E-state index contributed by atoms with van der Waals surface area (Å²) in [5.41, 5.74) is 2.47. The molecule has 0 bridgehead atoms. The summed E-state index contributed by atoms with van der Waals surface area (Å²) in [6.07, 6.45) is 0.847. The lowest BCUT2D eigenvalue weighted by atomic mass is 10.1. The van der Waals surface area contributed by atoms with E-state index >= 15 is 0 Å². The molecule has 0 radical (unpaired) electrons. The average molecular weight is 313 g/mol. The van der Waals surface area contributed by atoms with Crippen molar-refractivity contribution in [2.75, 3.05) is 18.0 Å². The first kappa shape index (κ1) is 16.6. The number of carbonyl (C=O) groups is 3. The topological polar surface area (TPSA) is 78.5 Å². The van der Waals surface area contributed by atoms with Gasteiger partial charge in [-0.1, -0.05) is 17.9 Å². The summed E-state index contributed by atoms with van der Waals surface area (Å²) in [6, 6.07) is 5.16. The summed E-state index contributed by atoms with van der Waals surface area (Å²) >= 11 is 0. The standard InChI is InChI=1S/C17H19N3O3/c1-12-14(6-3-4-10-18-13(2)21)7-5-8-15(12)20-11-9-16(22)19-17(20)23/h5,7-8H,4,9-11H2,1-2H3,(H,18,21)(H,19,22,23).